The largest absolute Gasteiger partial charge is 0.480 e. The highest BCUT2D eigenvalue weighted by Gasteiger charge is 2.37. The van der Waals surface area contributed by atoms with Crippen LogP contribution in [0.5, 0.6) is 0 Å². The monoisotopic (exact) mass is 329 g/mol. The second-order valence-electron chi connectivity index (χ2n) is 5.84. The summed E-state index contributed by atoms with van der Waals surface area (Å²) in [5.74, 6) is -2.18. The van der Waals surface area contributed by atoms with E-state index in [0.29, 0.717) is 0 Å². The van der Waals surface area contributed by atoms with Crippen LogP contribution in [0.2, 0.25) is 0 Å². The molecule has 1 aromatic rings. The maximum Gasteiger partial charge on any atom is 0.416 e. The predicted octanol–water partition coefficient (Wildman–Crippen LogP) is 3.27. The number of benzene rings is 1. The first kappa shape index (κ1) is 17.3. The number of halogens is 3. The van der Waals surface area contributed by atoms with Gasteiger partial charge in [-0.1, -0.05) is 25.1 Å². The van der Waals surface area contributed by atoms with Crippen molar-refractivity contribution in [1.82, 2.24) is 4.90 Å². The number of carboxylic acid groups (broad SMARTS) is 1. The van der Waals surface area contributed by atoms with Crippen LogP contribution in [0.15, 0.2) is 24.3 Å². The van der Waals surface area contributed by atoms with Gasteiger partial charge in [0.25, 0.3) is 0 Å². The van der Waals surface area contributed by atoms with Crippen LogP contribution in [0, 0.1) is 0 Å². The van der Waals surface area contributed by atoms with Crippen LogP contribution >= 0.6 is 0 Å². The highest BCUT2D eigenvalue weighted by Crippen LogP contribution is 2.36. The minimum absolute atomic E-state index is 0.0550. The van der Waals surface area contributed by atoms with Crippen molar-refractivity contribution in [2.45, 2.75) is 44.3 Å². The van der Waals surface area contributed by atoms with Crippen LogP contribution in [0.3, 0.4) is 0 Å². The Morgan fingerprint density at radius 3 is 2.43 bits per heavy atom. The Kier molecular flexibility index (Phi) is 4.97. The zero-order chi connectivity index (χ0) is 17.2. The molecule has 1 amide bonds. The second kappa shape index (κ2) is 6.60. The molecule has 4 nitrogen and oxygen atoms in total. The summed E-state index contributed by atoms with van der Waals surface area (Å²) >= 11 is 0. The quantitative estimate of drug-likeness (QED) is 0.871. The van der Waals surface area contributed by atoms with E-state index in [-0.39, 0.29) is 18.0 Å². The molecule has 0 heterocycles. The Bertz CT molecular complexity index is 596. The number of amides is 1. The van der Waals surface area contributed by atoms with Gasteiger partial charge in [-0.05, 0) is 30.4 Å². The summed E-state index contributed by atoms with van der Waals surface area (Å²) in [4.78, 5) is 24.4. The van der Waals surface area contributed by atoms with Gasteiger partial charge in [0.1, 0.15) is 6.54 Å². The van der Waals surface area contributed by atoms with E-state index in [1.807, 2.05) is 0 Å². The molecule has 0 aliphatic heterocycles. The lowest BCUT2D eigenvalue weighted by molar-refractivity contribution is -0.145. The number of carbonyl (C=O) groups excluding carboxylic acids is 1. The number of rotatable bonds is 6. The summed E-state index contributed by atoms with van der Waals surface area (Å²) in [5, 5.41) is 8.87. The minimum Gasteiger partial charge on any atom is -0.480 e. The van der Waals surface area contributed by atoms with Crippen molar-refractivity contribution < 1.29 is 27.9 Å². The smallest absolute Gasteiger partial charge is 0.416 e. The molecular weight excluding hydrogens is 311 g/mol. The van der Waals surface area contributed by atoms with E-state index in [1.54, 1.807) is 6.92 Å². The van der Waals surface area contributed by atoms with Gasteiger partial charge in [0.05, 0.1) is 5.56 Å². The summed E-state index contributed by atoms with van der Waals surface area (Å²) in [6, 6.07) is 5.07. The van der Waals surface area contributed by atoms with Crippen molar-refractivity contribution in [2.75, 3.05) is 6.54 Å². The number of nitrogens with zero attached hydrogens (tertiary/aromatic N) is 1. The predicted molar refractivity (Wildman–Crippen MR) is 76.8 cm³/mol. The SMILES string of the molecule is CC(CC(=O)N(CC(=O)O)C1CC1)c1ccccc1C(F)(F)F. The maximum absolute atomic E-state index is 13.0. The van der Waals surface area contributed by atoms with Crippen LogP contribution in [-0.4, -0.2) is 34.5 Å². The molecule has 1 aromatic carbocycles. The Labute approximate surface area is 131 Å². The van der Waals surface area contributed by atoms with Gasteiger partial charge >= 0.3 is 12.1 Å². The molecule has 1 saturated carbocycles. The van der Waals surface area contributed by atoms with E-state index >= 15 is 0 Å². The summed E-state index contributed by atoms with van der Waals surface area (Å²) in [6.45, 7) is 1.14. The Morgan fingerprint density at radius 1 is 1.30 bits per heavy atom. The average Bonchev–Trinajstić information content (AvgIpc) is 3.28. The third kappa shape index (κ3) is 4.46. The molecule has 1 N–H and O–H groups in total. The molecule has 2 rings (SSSR count). The van der Waals surface area contributed by atoms with Crippen LogP contribution in [0.1, 0.15) is 43.2 Å². The highest BCUT2D eigenvalue weighted by molar-refractivity contribution is 5.82. The van der Waals surface area contributed by atoms with Gasteiger partial charge in [-0.2, -0.15) is 13.2 Å². The van der Waals surface area contributed by atoms with Gasteiger partial charge in [-0.15, -0.1) is 0 Å². The third-order valence-corrected chi connectivity index (χ3v) is 3.89. The van der Waals surface area contributed by atoms with Crippen molar-refractivity contribution in [3.8, 4) is 0 Å². The Hall–Kier alpha value is -2.05. The van der Waals surface area contributed by atoms with Gasteiger partial charge in [-0.25, -0.2) is 0 Å². The zero-order valence-corrected chi connectivity index (χ0v) is 12.6. The molecule has 126 valence electrons. The van der Waals surface area contributed by atoms with Crippen LogP contribution in [0.4, 0.5) is 13.2 Å². The Balaban J connectivity index is 2.13. The van der Waals surface area contributed by atoms with Crippen molar-refractivity contribution in [1.29, 1.82) is 0 Å². The first-order valence-corrected chi connectivity index (χ1v) is 7.37. The van der Waals surface area contributed by atoms with Crippen molar-refractivity contribution >= 4 is 11.9 Å². The molecule has 1 unspecified atom stereocenters. The van der Waals surface area contributed by atoms with Crippen LogP contribution < -0.4 is 0 Å². The summed E-state index contributed by atoms with van der Waals surface area (Å²) in [7, 11) is 0. The molecule has 1 fully saturated rings. The van der Waals surface area contributed by atoms with E-state index < -0.39 is 36.1 Å². The topological polar surface area (TPSA) is 57.6 Å². The van der Waals surface area contributed by atoms with E-state index in [0.717, 1.165) is 18.9 Å². The van der Waals surface area contributed by atoms with Crippen LogP contribution in [0.25, 0.3) is 0 Å². The molecule has 0 saturated heterocycles. The fourth-order valence-electron chi connectivity index (χ4n) is 2.63. The molecule has 1 aliphatic rings. The summed E-state index contributed by atoms with van der Waals surface area (Å²) in [5.41, 5.74) is -0.698. The molecule has 23 heavy (non-hydrogen) atoms. The van der Waals surface area contributed by atoms with Gasteiger partial charge < -0.3 is 10.0 Å². The molecule has 0 radical (unpaired) electrons. The number of carbonyl (C=O) groups is 2. The van der Waals surface area contributed by atoms with Crippen molar-refractivity contribution in [3.63, 3.8) is 0 Å². The van der Waals surface area contributed by atoms with E-state index in [2.05, 4.69) is 0 Å². The zero-order valence-electron chi connectivity index (χ0n) is 12.6. The number of hydrogen-bond donors (Lipinski definition) is 1. The summed E-state index contributed by atoms with van der Waals surface area (Å²) < 4.78 is 39.1. The molecule has 0 aromatic heterocycles. The molecular formula is C16H18F3NO3. The normalized spacial score (nSPS) is 16.0. The molecule has 7 heteroatoms. The number of alkyl halides is 3. The molecule has 0 spiro atoms. The number of aliphatic carboxylic acids is 1. The second-order valence-corrected chi connectivity index (χ2v) is 5.84. The molecule has 1 atom stereocenters. The third-order valence-electron chi connectivity index (χ3n) is 3.89. The lowest BCUT2D eigenvalue weighted by Crippen LogP contribution is -2.38. The van der Waals surface area contributed by atoms with Gasteiger partial charge in [0.15, 0.2) is 0 Å². The lowest BCUT2D eigenvalue weighted by Gasteiger charge is -2.23. The molecule has 1 aliphatic carbocycles. The van der Waals surface area contributed by atoms with Crippen molar-refractivity contribution in [3.05, 3.63) is 35.4 Å². The molecule has 0 bridgehead atoms. The highest BCUT2D eigenvalue weighted by atomic mass is 19.4. The Morgan fingerprint density at radius 2 is 1.91 bits per heavy atom. The first-order chi connectivity index (χ1) is 10.7. The van der Waals surface area contributed by atoms with Gasteiger partial charge in [0.2, 0.25) is 5.91 Å². The van der Waals surface area contributed by atoms with Gasteiger partial charge in [0, 0.05) is 12.5 Å². The number of hydrogen-bond acceptors (Lipinski definition) is 2. The first-order valence-electron chi connectivity index (χ1n) is 7.37. The van der Waals surface area contributed by atoms with Crippen molar-refractivity contribution in [2.24, 2.45) is 0 Å². The van der Waals surface area contributed by atoms with E-state index in [9.17, 15) is 22.8 Å². The average molecular weight is 329 g/mol. The number of carboxylic acids is 1. The maximum atomic E-state index is 13.0. The summed E-state index contributed by atoms with van der Waals surface area (Å²) in [6.07, 6.45) is -3.14. The minimum atomic E-state index is -4.48. The lowest BCUT2D eigenvalue weighted by atomic mass is 9.92. The fourth-order valence-corrected chi connectivity index (χ4v) is 2.63. The van der Waals surface area contributed by atoms with Gasteiger partial charge in [-0.3, -0.25) is 9.59 Å². The standard InChI is InChI=1S/C16H18F3NO3/c1-10(12-4-2-3-5-13(12)16(17,18)19)8-14(21)20(9-15(22)23)11-6-7-11/h2-5,10-11H,6-9H2,1H3,(H,22,23). The fraction of sp³-hybridized carbons (Fsp3) is 0.500. The van der Waals surface area contributed by atoms with E-state index in [4.69, 9.17) is 5.11 Å². The van der Waals surface area contributed by atoms with Crippen LogP contribution in [-0.2, 0) is 15.8 Å². The van der Waals surface area contributed by atoms with E-state index in [1.165, 1.54) is 23.1 Å².